The molecule has 1 aromatic carbocycles. The minimum absolute atomic E-state index is 0.0207. The lowest BCUT2D eigenvalue weighted by Crippen LogP contribution is -2.24. The van der Waals surface area contributed by atoms with Crippen molar-refractivity contribution in [1.82, 2.24) is 0 Å². The molecule has 1 heteroatoms. The molecule has 0 fully saturated rings. The van der Waals surface area contributed by atoms with Crippen LogP contribution in [0.3, 0.4) is 0 Å². The number of terminal acetylenes is 2. The Kier molecular flexibility index (Phi) is 3.77. The second-order valence-electron chi connectivity index (χ2n) is 4.26. The van der Waals surface area contributed by atoms with E-state index in [1.54, 1.807) is 0 Å². The number of allylic oxidation sites excluding steroid dienone is 4. The third-order valence-corrected chi connectivity index (χ3v) is 4.65. The number of hydrogen-bond acceptors (Lipinski definition) is 0. The molecule has 2 rings (SSSR count). The van der Waals surface area contributed by atoms with E-state index in [9.17, 15) is 0 Å². The van der Waals surface area contributed by atoms with Crippen LogP contribution in [0.5, 0.6) is 0 Å². The molecule has 0 amide bonds. The Hall–Kier alpha value is -2.09. The lowest BCUT2D eigenvalue weighted by Gasteiger charge is -2.15. The molecule has 0 aromatic heterocycles. The minimum atomic E-state index is -0.0207. The van der Waals surface area contributed by atoms with E-state index in [1.807, 2.05) is 18.2 Å². The van der Waals surface area contributed by atoms with Gasteiger partial charge < -0.3 is 0 Å². The van der Waals surface area contributed by atoms with Crippen LogP contribution < -0.4 is 5.19 Å². The van der Waals surface area contributed by atoms with Gasteiger partial charge in [0.25, 0.3) is 0 Å². The fourth-order valence-electron chi connectivity index (χ4n) is 1.92. The van der Waals surface area contributed by atoms with Crippen LogP contribution >= 0.6 is 0 Å². The van der Waals surface area contributed by atoms with E-state index in [2.05, 4.69) is 43.0 Å². The summed E-state index contributed by atoms with van der Waals surface area (Å²) < 4.78 is 0. The zero-order valence-electron chi connectivity index (χ0n) is 10.4. The maximum absolute atomic E-state index is 5.58. The highest BCUT2D eigenvalue weighted by Gasteiger charge is 2.14. The van der Waals surface area contributed by atoms with Crippen molar-refractivity contribution in [2.45, 2.75) is 6.92 Å². The van der Waals surface area contributed by atoms with Gasteiger partial charge in [0, 0.05) is 14.7 Å². The number of hydrogen-bond donors (Lipinski definition) is 0. The molecule has 86 valence electrons. The summed E-state index contributed by atoms with van der Waals surface area (Å²) in [7, 11) is -0.0207. The van der Waals surface area contributed by atoms with Crippen molar-refractivity contribution in [2.75, 3.05) is 0 Å². The van der Waals surface area contributed by atoms with Crippen molar-refractivity contribution >= 4 is 19.5 Å². The summed E-state index contributed by atoms with van der Waals surface area (Å²) in [5.41, 5.74) is 2.23. The van der Waals surface area contributed by atoms with E-state index in [-0.39, 0.29) is 15.0 Å². The minimum Gasteiger partial charge on any atom is -0.119 e. The summed E-state index contributed by atoms with van der Waals surface area (Å²) in [5.74, 6) is 5.61. The quantitative estimate of drug-likeness (QED) is 0.522. The third-order valence-electron chi connectivity index (χ3n) is 2.95. The average Bonchev–Trinajstić information content (AvgIpc) is 2.41. The number of rotatable bonds is 1. The zero-order chi connectivity index (χ0) is 13.0. The SMILES string of the molecule is C#CC1=CC=CC(C#C)C1=[SiH]c1ccc(C)cc1. The molecule has 1 aliphatic carbocycles. The molecule has 0 saturated heterocycles. The van der Waals surface area contributed by atoms with Crippen LogP contribution in [0.15, 0.2) is 48.1 Å². The Morgan fingerprint density at radius 1 is 1.17 bits per heavy atom. The van der Waals surface area contributed by atoms with Crippen molar-refractivity contribution in [3.8, 4) is 24.7 Å². The van der Waals surface area contributed by atoms with E-state index < -0.39 is 0 Å². The van der Waals surface area contributed by atoms with Crippen molar-refractivity contribution in [1.29, 1.82) is 0 Å². The van der Waals surface area contributed by atoms with Crippen molar-refractivity contribution in [2.24, 2.45) is 5.92 Å². The summed E-state index contributed by atoms with van der Waals surface area (Å²) in [4.78, 5) is 0. The average molecular weight is 246 g/mol. The molecule has 0 N–H and O–H groups in total. The van der Waals surface area contributed by atoms with Crippen molar-refractivity contribution in [3.63, 3.8) is 0 Å². The molecule has 0 nitrogen and oxygen atoms in total. The van der Waals surface area contributed by atoms with Gasteiger partial charge in [0.2, 0.25) is 0 Å². The molecule has 1 unspecified atom stereocenters. The first-order valence-corrected chi connectivity index (χ1v) is 7.00. The summed E-state index contributed by atoms with van der Waals surface area (Å²) >= 11 is 0. The molecule has 0 heterocycles. The standard InChI is InChI=1S/C17H14Si/c1-4-14-7-6-8-15(5-2)17(14)18-16-11-9-13(3)10-12-16/h1-2,6-12,14,18H,3H3. The van der Waals surface area contributed by atoms with Gasteiger partial charge >= 0.3 is 0 Å². The predicted molar refractivity (Wildman–Crippen MR) is 81.3 cm³/mol. The summed E-state index contributed by atoms with van der Waals surface area (Å²) in [6, 6.07) is 8.59. The molecule has 0 aliphatic heterocycles. The Bertz CT molecular complexity index is 613. The maximum Gasteiger partial charge on any atom is 0.0603 e. The first kappa shape index (κ1) is 12.4. The van der Waals surface area contributed by atoms with Crippen molar-refractivity contribution in [3.05, 3.63) is 53.6 Å². The second-order valence-corrected chi connectivity index (χ2v) is 5.84. The van der Waals surface area contributed by atoms with Gasteiger partial charge in [0.1, 0.15) is 0 Å². The Morgan fingerprint density at radius 2 is 1.89 bits per heavy atom. The number of aryl methyl sites for hydroxylation is 1. The molecular weight excluding hydrogens is 232 g/mol. The van der Waals surface area contributed by atoms with Gasteiger partial charge in [-0.25, -0.2) is 0 Å². The molecule has 1 aliphatic rings. The summed E-state index contributed by atoms with van der Waals surface area (Å²) in [6.07, 6.45) is 17.1. The number of benzene rings is 1. The highest BCUT2D eigenvalue weighted by atomic mass is 28.2. The smallest absolute Gasteiger partial charge is 0.0603 e. The van der Waals surface area contributed by atoms with E-state index in [4.69, 9.17) is 12.8 Å². The van der Waals surface area contributed by atoms with Crippen LogP contribution in [0.1, 0.15) is 5.56 Å². The lowest BCUT2D eigenvalue weighted by molar-refractivity contribution is 1.20. The molecule has 0 spiro atoms. The highest BCUT2D eigenvalue weighted by molar-refractivity contribution is 6.70. The van der Waals surface area contributed by atoms with E-state index >= 15 is 0 Å². The molecule has 18 heavy (non-hydrogen) atoms. The van der Waals surface area contributed by atoms with Gasteiger partial charge in [-0.1, -0.05) is 53.8 Å². The van der Waals surface area contributed by atoms with Gasteiger partial charge in [-0.05, 0) is 23.4 Å². The van der Waals surface area contributed by atoms with Gasteiger partial charge in [-0.2, -0.15) is 0 Å². The largest absolute Gasteiger partial charge is 0.119 e. The molecule has 0 radical (unpaired) electrons. The topological polar surface area (TPSA) is 0 Å². The van der Waals surface area contributed by atoms with E-state index in [0.717, 1.165) is 5.57 Å². The van der Waals surface area contributed by atoms with E-state index in [0.29, 0.717) is 0 Å². The molecule has 0 bridgehead atoms. The van der Waals surface area contributed by atoms with Crippen molar-refractivity contribution < 1.29 is 0 Å². The fourth-order valence-corrected chi connectivity index (χ4v) is 3.38. The van der Waals surface area contributed by atoms with E-state index in [1.165, 1.54) is 15.9 Å². The van der Waals surface area contributed by atoms with Crippen LogP contribution in [0, 0.1) is 37.5 Å². The predicted octanol–water partition coefficient (Wildman–Crippen LogP) is 1.61. The van der Waals surface area contributed by atoms with Crippen LogP contribution in [-0.4, -0.2) is 14.3 Å². The van der Waals surface area contributed by atoms with Gasteiger partial charge in [-0.15, -0.1) is 12.8 Å². The third kappa shape index (κ3) is 2.59. The first-order chi connectivity index (χ1) is 8.74. The Labute approximate surface area is 111 Å². The van der Waals surface area contributed by atoms with Crippen LogP contribution in [0.2, 0.25) is 0 Å². The Balaban J connectivity index is 2.44. The maximum atomic E-state index is 5.58. The lowest BCUT2D eigenvalue weighted by atomic mass is 9.95. The Morgan fingerprint density at radius 3 is 2.50 bits per heavy atom. The van der Waals surface area contributed by atoms with Crippen LogP contribution in [-0.2, 0) is 0 Å². The summed E-state index contributed by atoms with van der Waals surface area (Å²) in [6.45, 7) is 2.09. The van der Waals surface area contributed by atoms with Crippen LogP contribution in [0.25, 0.3) is 0 Å². The first-order valence-electron chi connectivity index (χ1n) is 5.84. The normalized spacial score (nSPS) is 20.1. The molecule has 1 atom stereocenters. The second kappa shape index (κ2) is 5.49. The monoisotopic (exact) mass is 246 g/mol. The fraction of sp³-hybridized carbons (Fsp3) is 0.118. The van der Waals surface area contributed by atoms with Gasteiger partial charge in [0.15, 0.2) is 0 Å². The molecule has 0 saturated carbocycles. The van der Waals surface area contributed by atoms with Gasteiger partial charge in [0.05, 0.1) is 5.92 Å². The van der Waals surface area contributed by atoms with Gasteiger partial charge in [-0.3, -0.25) is 0 Å². The molecule has 1 aromatic rings. The molecular formula is C17H14Si. The van der Waals surface area contributed by atoms with Crippen LogP contribution in [0.4, 0.5) is 0 Å². The summed E-state index contributed by atoms with van der Waals surface area (Å²) in [5, 5.41) is 2.55. The zero-order valence-corrected chi connectivity index (χ0v) is 11.5. The highest BCUT2D eigenvalue weighted by Crippen LogP contribution is 2.13.